The lowest BCUT2D eigenvalue weighted by Crippen LogP contribution is -2.65. The van der Waals surface area contributed by atoms with Crippen LogP contribution in [0.25, 0.3) is 0 Å². The third-order valence-corrected chi connectivity index (χ3v) is 11.6. The minimum atomic E-state index is -2.78. The van der Waals surface area contributed by atoms with E-state index < -0.39 is 42.6 Å². The van der Waals surface area contributed by atoms with Gasteiger partial charge in [-0.15, -0.1) is 0 Å². The molecule has 46 heavy (non-hydrogen) atoms. The van der Waals surface area contributed by atoms with Crippen molar-refractivity contribution in [3.05, 3.63) is 47.5 Å². The highest BCUT2D eigenvalue weighted by atomic mass is 19.3. The van der Waals surface area contributed by atoms with Crippen molar-refractivity contribution in [1.29, 1.82) is 5.26 Å². The number of alkyl halides is 2. The first-order valence-corrected chi connectivity index (χ1v) is 16.6. The highest BCUT2D eigenvalue weighted by Crippen LogP contribution is 2.65. The smallest absolute Gasteiger partial charge is 0.404 e. The van der Waals surface area contributed by atoms with Gasteiger partial charge in [0.15, 0.2) is 0 Å². The average molecular weight is 638 g/mol. The Morgan fingerprint density at radius 2 is 1.93 bits per heavy atom. The van der Waals surface area contributed by atoms with Crippen LogP contribution in [0.1, 0.15) is 65.9 Å². The molecule has 3 amide bonds. The zero-order valence-corrected chi connectivity index (χ0v) is 27.5. The SMILES string of the molecule is CC1(C)[C@@H]2C[C@H]3OB([C@H](Cc4ccccc4)NC(=O)N[C@H]4CCN(C(=O)C(C#N)=CC(C)(C)N5CCC(F)(F)C5)C4)O[C@@]3(C)[C@H]1C2. The Kier molecular flexibility index (Phi) is 8.52. The molecule has 0 aromatic heterocycles. The molecular weight excluding hydrogens is 591 g/mol. The number of hydrogen-bond acceptors (Lipinski definition) is 6. The van der Waals surface area contributed by atoms with E-state index in [0.29, 0.717) is 31.2 Å². The molecule has 6 aliphatic rings. The summed E-state index contributed by atoms with van der Waals surface area (Å²) >= 11 is 0. The number of amides is 3. The van der Waals surface area contributed by atoms with Gasteiger partial charge in [-0.25, -0.2) is 13.6 Å². The molecule has 3 saturated heterocycles. The maximum Gasteiger partial charge on any atom is 0.482 e. The van der Waals surface area contributed by atoms with E-state index in [1.54, 1.807) is 23.6 Å². The van der Waals surface area contributed by atoms with Crippen molar-refractivity contribution in [3.63, 3.8) is 0 Å². The third-order valence-electron chi connectivity index (χ3n) is 11.6. The Bertz CT molecular complexity index is 1420. The molecule has 3 aliphatic carbocycles. The topological polar surface area (TPSA) is 107 Å². The summed E-state index contributed by atoms with van der Waals surface area (Å²) in [6.07, 6.45) is 4.38. The highest BCUT2D eigenvalue weighted by molar-refractivity contribution is 6.48. The maximum atomic E-state index is 13.8. The zero-order chi connectivity index (χ0) is 33.1. The van der Waals surface area contributed by atoms with Crippen LogP contribution in [0.2, 0.25) is 0 Å². The summed E-state index contributed by atoms with van der Waals surface area (Å²) in [5.41, 5.74) is -0.119. The van der Waals surface area contributed by atoms with Crippen LogP contribution in [0, 0.1) is 28.6 Å². The molecule has 0 radical (unpaired) electrons. The summed E-state index contributed by atoms with van der Waals surface area (Å²) in [6.45, 7) is 10.7. The number of nitrogens with one attached hydrogen (secondary N) is 2. The Labute approximate surface area is 271 Å². The fourth-order valence-corrected chi connectivity index (χ4v) is 8.60. The molecule has 12 heteroatoms. The van der Waals surface area contributed by atoms with Gasteiger partial charge in [-0.1, -0.05) is 44.2 Å². The lowest BCUT2D eigenvalue weighted by atomic mass is 9.43. The molecule has 3 aliphatic heterocycles. The van der Waals surface area contributed by atoms with Crippen LogP contribution in [0.15, 0.2) is 42.0 Å². The van der Waals surface area contributed by atoms with Crippen LogP contribution < -0.4 is 10.6 Å². The van der Waals surface area contributed by atoms with Crippen molar-refractivity contribution in [2.24, 2.45) is 17.3 Å². The minimum Gasteiger partial charge on any atom is -0.404 e. The van der Waals surface area contributed by atoms with Gasteiger partial charge in [-0.3, -0.25) is 9.69 Å². The molecule has 3 heterocycles. The third kappa shape index (κ3) is 6.18. The predicted molar refractivity (Wildman–Crippen MR) is 170 cm³/mol. The van der Waals surface area contributed by atoms with Crippen LogP contribution in [0.4, 0.5) is 13.6 Å². The number of nitrogens with zero attached hydrogens (tertiary/aromatic N) is 3. The lowest BCUT2D eigenvalue weighted by molar-refractivity contribution is -0.199. The first-order valence-electron chi connectivity index (χ1n) is 16.6. The van der Waals surface area contributed by atoms with E-state index >= 15 is 0 Å². The van der Waals surface area contributed by atoms with Crippen LogP contribution in [0.5, 0.6) is 0 Å². The first-order chi connectivity index (χ1) is 21.6. The second kappa shape index (κ2) is 11.9. The van der Waals surface area contributed by atoms with Crippen LogP contribution >= 0.6 is 0 Å². The van der Waals surface area contributed by atoms with Crippen molar-refractivity contribution in [2.45, 2.75) is 102 Å². The molecule has 0 spiro atoms. The Balaban J connectivity index is 1.08. The number of halogens is 2. The van der Waals surface area contributed by atoms with E-state index in [1.165, 1.54) is 6.08 Å². The van der Waals surface area contributed by atoms with Crippen molar-refractivity contribution in [2.75, 3.05) is 26.2 Å². The first kappa shape index (κ1) is 32.9. The normalized spacial score (nSPS) is 32.3. The summed E-state index contributed by atoms with van der Waals surface area (Å²) in [6, 6.07) is 11.2. The summed E-state index contributed by atoms with van der Waals surface area (Å²) < 4.78 is 41.0. The standard InChI is InChI=1S/C34H46BF2N5O4/c1-31(2,42-14-12-34(36,37)21-42)18-23(19-38)29(43)41-13-11-25(20-41)39-30(44)40-28(15-22-9-7-6-8-10-22)35-45-27-17-24-16-26(32(24,3)4)33(27,5)46-35/h6-10,18,24-28H,11-17,20-21H2,1-5H3,(H2,39,40,44)/t24-,25-,26-,27+,28-,33-/m0/s1. The van der Waals surface area contributed by atoms with E-state index in [1.807, 2.05) is 36.4 Å². The fourth-order valence-electron chi connectivity index (χ4n) is 8.60. The van der Waals surface area contributed by atoms with Gasteiger partial charge in [0.05, 0.1) is 24.2 Å². The zero-order valence-electron chi connectivity index (χ0n) is 27.5. The molecule has 2 N–H and O–H groups in total. The van der Waals surface area contributed by atoms with E-state index in [2.05, 4.69) is 31.4 Å². The van der Waals surface area contributed by atoms with Gasteiger partial charge in [-0.05, 0) is 75.3 Å². The van der Waals surface area contributed by atoms with Gasteiger partial charge in [0.1, 0.15) is 11.6 Å². The Morgan fingerprint density at radius 1 is 1.20 bits per heavy atom. The van der Waals surface area contributed by atoms with Gasteiger partial charge >= 0.3 is 13.1 Å². The monoisotopic (exact) mass is 637 g/mol. The molecule has 9 nitrogen and oxygen atoms in total. The van der Waals surface area contributed by atoms with Gasteiger partial charge < -0.3 is 24.8 Å². The van der Waals surface area contributed by atoms with Crippen LogP contribution in [0.3, 0.4) is 0 Å². The number of urea groups is 1. The predicted octanol–water partition coefficient (Wildman–Crippen LogP) is 4.33. The molecule has 1 aromatic carbocycles. The molecule has 2 bridgehead atoms. The van der Waals surface area contributed by atoms with E-state index in [9.17, 15) is 23.6 Å². The fraction of sp³-hybridized carbons (Fsp3) is 0.676. The van der Waals surface area contributed by atoms with Crippen molar-refractivity contribution in [1.82, 2.24) is 20.4 Å². The van der Waals surface area contributed by atoms with E-state index in [4.69, 9.17) is 9.31 Å². The average Bonchev–Trinajstić information content (AvgIpc) is 3.71. The molecular formula is C34H46BF2N5O4. The van der Waals surface area contributed by atoms with Crippen LogP contribution in [-0.4, -0.2) is 90.2 Å². The molecule has 3 saturated carbocycles. The van der Waals surface area contributed by atoms with E-state index in [-0.39, 0.29) is 48.7 Å². The van der Waals surface area contributed by atoms with Gasteiger partial charge in [-0.2, -0.15) is 5.26 Å². The summed E-state index contributed by atoms with van der Waals surface area (Å²) in [5, 5.41) is 15.9. The van der Waals surface area contributed by atoms with E-state index in [0.717, 1.165) is 18.4 Å². The maximum absolute atomic E-state index is 13.8. The van der Waals surface area contributed by atoms with Crippen molar-refractivity contribution >= 4 is 19.1 Å². The largest absolute Gasteiger partial charge is 0.482 e. The molecule has 6 atom stereocenters. The molecule has 1 aromatic rings. The molecule has 0 unspecified atom stereocenters. The summed E-state index contributed by atoms with van der Waals surface area (Å²) in [7, 11) is -0.597. The number of hydrogen-bond donors (Lipinski definition) is 2. The van der Waals surface area contributed by atoms with Gasteiger partial charge in [0, 0.05) is 37.6 Å². The van der Waals surface area contributed by atoms with Crippen LogP contribution in [-0.2, 0) is 20.5 Å². The number of likely N-dealkylation sites (tertiary alicyclic amines) is 2. The molecule has 248 valence electrons. The van der Waals surface area contributed by atoms with Gasteiger partial charge in [0.25, 0.3) is 11.8 Å². The summed E-state index contributed by atoms with van der Waals surface area (Å²) in [5.74, 6) is -2.66. The number of benzene rings is 1. The Morgan fingerprint density at radius 3 is 2.59 bits per heavy atom. The van der Waals surface area contributed by atoms with Gasteiger partial charge in [0.2, 0.25) is 0 Å². The number of carbonyl (C=O) groups excluding carboxylic acids is 2. The van der Waals surface area contributed by atoms with Crippen molar-refractivity contribution < 1.29 is 27.7 Å². The Hall–Kier alpha value is -3.01. The minimum absolute atomic E-state index is 0.0128. The molecule has 6 fully saturated rings. The summed E-state index contributed by atoms with van der Waals surface area (Å²) in [4.78, 5) is 29.9. The number of carbonyl (C=O) groups is 2. The lowest BCUT2D eigenvalue weighted by Gasteiger charge is -2.64. The number of nitriles is 1. The van der Waals surface area contributed by atoms with Crippen molar-refractivity contribution in [3.8, 4) is 6.07 Å². The second-order valence-electron chi connectivity index (χ2n) is 15.3. The quantitative estimate of drug-likeness (QED) is 0.250. The molecule has 7 rings (SSSR count). The number of rotatable bonds is 8. The highest BCUT2D eigenvalue weighted by Gasteiger charge is 2.68. The second-order valence-corrected chi connectivity index (χ2v) is 15.3.